The third-order valence-electron chi connectivity index (χ3n) is 3.72. The van der Waals surface area contributed by atoms with Crippen LogP contribution in [0.1, 0.15) is 24.9 Å². The molecule has 1 saturated carbocycles. The first-order valence-corrected chi connectivity index (χ1v) is 4.96. The zero-order valence-electron chi connectivity index (χ0n) is 8.71. The van der Waals surface area contributed by atoms with Crippen LogP contribution in [-0.2, 0) is 5.41 Å². The Morgan fingerprint density at radius 3 is 2.64 bits per heavy atom. The molecule has 2 atom stereocenters. The number of aliphatic hydroxyl groups excluding tert-OH is 1. The zero-order chi connectivity index (χ0) is 10.4. The van der Waals surface area contributed by atoms with E-state index in [0.29, 0.717) is 6.54 Å². The maximum atomic E-state index is 9.34. The Labute approximate surface area is 83.9 Å². The molecule has 2 unspecified atom stereocenters. The fourth-order valence-corrected chi connectivity index (χ4v) is 2.30. The van der Waals surface area contributed by atoms with E-state index >= 15 is 0 Å². The van der Waals surface area contributed by atoms with Crippen molar-refractivity contribution in [2.75, 3.05) is 13.2 Å². The first-order valence-electron chi connectivity index (χ1n) is 4.96. The molecule has 0 saturated heterocycles. The van der Waals surface area contributed by atoms with E-state index < -0.39 is 0 Å². The molecule has 1 aliphatic carbocycles. The van der Waals surface area contributed by atoms with E-state index in [4.69, 9.17) is 10.2 Å². The lowest BCUT2D eigenvalue weighted by Crippen LogP contribution is -2.27. The summed E-state index contributed by atoms with van der Waals surface area (Å²) in [7, 11) is 0. The van der Waals surface area contributed by atoms with Gasteiger partial charge in [0.05, 0.1) is 6.61 Å². The minimum Gasteiger partial charge on any atom is -0.466 e. The topological polar surface area (TPSA) is 59.4 Å². The highest BCUT2D eigenvalue weighted by Gasteiger charge is 2.65. The summed E-state index contributed by atoms with van der Waals surface area (Å²) < 4.78 is 5.60. The van der Waals surface area contributed by atoms with Crippen LogP contribution in [0.15, 0.2) is 16.5 Å². The van der Waals surface area contributed by atoms with Crippen molar-refractivity contribution in [2.24, 2.45) is 11.1 Å². The summed E-state index contributed by atoms with van der Waals surface area (Å²) >= 11 is 0. The zero-order valence-corrected chi connectivity index (χ0v) is 8.71. The fraction of sp³-hybridized carbons (Fsp3) is 0.636. The Hall–Kier alpha value is -0.800. The quantitative estimate of drug-likeness (QED) is 0.761. The van der Waals surface area contributed by atoms with E-state index in [0.717, 1.165) is 17.9 Å². The predicted molar refractivity (Wildman–Crippen MR) is 54.0 cm³/mol. The molecule has 1 heterocycles. The largest absolute Gasteiger partial charge is 0.466 e. The number of rotatable bonds is 3. The van der Waals surface area contributed by atoms with Gasteiger partial charge in [-0.3, -0.25) is 0 Å². The van der Waals surface area contributed by atoms with Gasteiger partial charge in [0.1, 0.15) is 11.5 Å². The van der Waals surface area contributed by atoms with Crippen molar-refractivity contribution in [1.29, 1.82) is 0 Å². The van der Waals surface area contributed by atoms with Crippen molar-refractivity contribution in [3.63, 3.8) is 0 Å². The Bertz CT molecular complexity index is 341. The lowest BCUT2D eigenvalue weighted by molar-refractivity contribution is 0.192. The highest BCUT2D eigenvalue weighted by Crippen LogP contribution is 2.63. The van der Waals surface area contributed by atoms with E-state index in [-0.39, 0.29) is 17.4 Å². The van der Waals surface area contributed by atoms with Crippen LogP contribution >= 0.6 is 0 Å². The van der Waals surface area contributed by atoms with Gasteiger partial charge in [-0.1, -0.05) is 6.92 Å². The van der Waals surface area contributed by atoms with Crippen LogP contribution in [0.2, 0.25) is 0 Å². The van der Waals surface area contributed by atoms with Gasteiger partial charge in [0.2, 0.25) is 0 Å². The van der Waals surface area contributed by atoms with Crippen LogP contribution in [0.5, 0.6) is 0 Å². The molecular weight excluding hydrogens is 178 g/mol. The molecule has 0 amide bonds. The molecule has 1 fully saturated rings. The summed E-state index contributed by atoms with van der Waals surface area (Å²) in [4.78, 5) is 0. The lowest BCUT2D eigenvalue weighted by Gasteiger charge is -2.16. The molecule has 3 heteroatoms. The molecule has 0 aromatic carbocycles. The van der Waals surface area contributed by atoms with Gasteiger partial charge in [-0.25, -0.2) is 0 Å². The third-order valence-corrected chi connectivity index (χ3v) is 3.72. The standard InChI is InChI=1S/C11H17NO2/c1-8-3-4-9(14-8)10(2)5-11(10,6-12)7-13/h3-4,13H,5-7,12H2,1-2H3. The summed E-state index contributed by atoms with van der Waals surface area (Å²) in [5.74, 6) is 1.87. The molecule has 1 aliphatic rings. The number of nitrogens with two attached hydrogens (primary N) is 1. The smallest absolute Gasteiger partial charge is 0.110 e. The molecule has 1 aromatic heterocycles. The predicted octanol–water partition coefficient (Wildman–Crippen LogP) is 1.19. The minimum atomic E-state index is -0.155. The second-order valence-electron chi connectivity index (χ2n) is 4.56. The first kappa shape index (κ1) is 9.74. The van der Waals surface area contributed by atoms with Crippen molar-refractivity contribution in [3.05, 3.63) is 23.7 Å². The minimum absolute atomic E-state index is 0.0647. The number of aryl methyl sites for hydroxylation is 1. The van der Waals surface area contributed by atoms with Crippen molar-refractivity contribution in [1.82, 2.24) is 0 Å². The van der Waals surface area contributed by atoms with Gasteiger partial charge in [0.15, 0.2) is 0 Å². The monoisotopic (exact) mass is 195 g/mol. The molecule has 1 aromatic rings. The van der Waals surface area contributed by atoms with E-state index in [1.54, 1.807) is 0 Å². The van der Waals surface area contributed by atoms with Gasteiger partial charge in [-0.15, -0.1) is 0 Å². The SMILES string of the molecule is Cc1ccc(C2(C)CC2(CN)CO)o1. The van der Waals surface area contributed by atoms with Crippen molar-refractivity contribution in [2.45, 2.75) is 25.7 Å². The summed E-state index contributed by atoms with van der Waals surface area (Å²) in [6.07, 6.45) is 0.917. The van der Waals surface area contributed by atoms with Crippen LogP contribution < -0.4 is 5.73 Å². The van der Waals surface area contributed by atoms with Crippen LogP contribution in [0.25, 0.3) is 0 Å². The van der Waals surface area contributed by atoms with E-state index in [9.17, 15) is 5.11 Å². The Morgan fingerprint density at radius 1 is 1.57 bits per heavy atom. The normalized spacial score (nSPS) is 36.0. The molecule has 0 aliphatic heterocycles. The van der Waals surface area contributed by atoms with Gasteiger partial charge in [-0.05, 0) is 25.5 Å². The van der Waals surface area contributed by atoms with Crippen LogP contribution in [0, 0.1) is 12.3 Å². The van der Waals surface area contributed by atoms with Crippen molar-refractivity contribution < 1.29 is 9.52 Å². The molecule has 14 heavy (non-hydrogen) atoms. The molecule has 0 radical (unpaired) electrons. The second kappa shape index (κ2) is 2.84. The number of furan rings is 1. The van der Waals surface area contributed by atoms with Gasteiger partial charge >= 0.3 is 0 Å². The Kier molecular flexibility index (Phi) is 1.98. The van der Waals surface area contributed by atoms with Gasteiger partial charge in [-0.2, -0.15) is 0 Å². The average Bonchev–Trinajstić information content (AvgIpc) is 2.54. The average molecular weight is 195 g/mol. The number of hydrogen-bond acceptors (Lipinski definition) is 3. The maximum absolute atomic E-state index is 9.34. The van der Waals surface area contributed by atoms with Gasteiger partial charge in [0, 0.05) is 17.4 Å². The summed E-state index contributed by atoms with van der Waals surface area (Å²) in [5.41, 5.74) is 5.48. The first-order chi connectivity index (χ1) is 6.58. The Morgan fingerprint density at radius 2 is 2.29 bits per heavy atom. The molecule has 3 nitrogen and oxygen atoms in total. The third kappa shape index (κ3) is 1.06. The van der Waals surface area contributed by atoms with Crippen LogP contribution in [0.3, 0.4) is 0 Å². The number of hydrogen-bond donors (Lipinski definition) is 2. The van der Waals surface area contributed by atoms with Gasteiger partial charge < -0.3 is 15.3 Å². The summed E-state index contributed by atoms with van der Waals surface area (Å²) in [6, 6.07) is 3.94. The van der Waals surface area contributed by atoms with Crippen LogP contribution in [0.4, 0.5) is 0 Å². The number of aliphatic hydroxyl groups is 1. The highest BCUT2D eigenvalue weighted by molar-refractivity contribution is 5.32. The van der Waals surface area contributed by atoms with E-state index in [2.05, 4.69) is 6.92 Å². The van der Waals surface area contributed by atoms with Gasteiger partial charge in [0.25, 0.3) is 0 Å². The van der Waals surface area contributed by atoms with E-state index in [1.807, 2.05) is 19.1 Å². The van der Waals surface area contributed by atoms with Crippen molar-refractivity contribution in [3.8, 4) is 0 Å². The fourth-order valence-electron chi connectivity index (χ4n) is 2.30. The lowest BCUT2D eigenvalue weighted by atomic mass is 9.93. The summed E-state index contributed by atoms with van der Waals surface area (Å²) in [5, 5.41) is 9.34. The summed E-state index contributed by atoms with van der Waals surface area (Å²) in [6.45, 7) is 4.69. The molecule has 2 rings (SSSR count). The molecular formula is C11H17NO2. The highest BCUT2D eigenvalue weighted by atomic mass is 16.3. The van der Waals surface area contributed by atoms with Crippen molar-refractivity contribution >= 4 is 0 Å². The maximum Gasteiger partial charge on any atom is 0.110 e. The molecule has 3 N–H and O–H groups in total. The molecule has 0 bridgehead atoms. The second-order valence-corrected chi connectivity index (χ2v) is 4.56. The van der Waals surface area contributed by atoms with Crippen LogP contribution in [-0.4, -0.2) is 18.3 Å². The molecule has 0 spiro atoms. The Balaban J connectivity index is 2.29. The van der Waals surface area contributed by atoms with E-state index in [1.165, 1.54) is 0 Å². The molecule has 78 valence electrons.